The minimum Gasteiger partial charge on any atom is -0.480 e. The molecule has 0 saturated heterocycles. The second-order valence-corrected chi connectivity index (χ2v) is 4.90. The minimum atomic E-state index is -0.828. The third kappa shape index (κ3) is 9.30. The molecule has 1 unspecified atom stereocenters. The van der Waals surface area contributed by atoms with E-state index in [0.29, 0.717) is 13.0 Å². The molecule has 0 spiro atoms. The molecule has 0 saturated carbocycles. The van der Waals surface area contributed by atoms with Gasteiger partial charge in [-0.15, -0.1) is 0 Å². The summed E-state index contributed by atoms with van der Waals surface area (Å²) in [6.45, 7) is 2.66. The van der Waals surface area contributed by atoms with Gasteiger partial charge in [-0.05, 0) is 25.8 Å². The summed E-state index contributed by atoms with van der Waals surface area (Å²) in [5.41, 5.74) is 10.7. The van der Waals surface area contributed by atoms with Crippen molar-refractivity contribution in [2.75, 3.05) is 13.6 Å². The first-order chi connectivity index (χ1) is 9.01. The molecular weight excluding hydrogens is 244 g/mol. The van der Waals surface area contributed by atoms with Crippen molar-refractivity contribution in [1.82, 2.24) is 5.32 Å². The summed E-state index contributed by atoms with van der Waals surface area (Å²) < 4.78 is 0. The van der Waals surface area contributed by atoms with Gasteiger partial charge in [-0.3, -0.25) is 9.79 Å². The summed E-state index contributed by atoms with van der Waals surface area (Å²) in [5.74, 6) is -0.562. The van der Waals surface area contributed by atoms with Crippen LogP contribution in [-0.4, -0.2) is 36.7 Å². The quantitative estimate of drug-likeness (QED) is 0.253. The van der Waals surface area contributed by atoms with E-state index in [2.05, 4.69) is 17.2 Å². The van der Waals surface area contributed by atoms with Crippen LogP contribution in [0.3, 0.4) is 0 Å². The lowest BCUT2D eigenvalue weighted by atomic mass is 9.93. The number of rotatable bonds is 11. The van der Waals surface area contributed by atoms with E-state index in [1.807, 2.05) is 0 Å². The molecule has 0 aromatic rings. The number of unbranched alkanes of at least 4 members (excludes halogenated alkanes) is 3. The van der Waals surface area contributed by atoms with E-state index in [9.17, 15) is 4.79 Å². The van der Waals surface area contributed by atoms with Crippen LogP contribution in [0.4, 0.5) is 0 Å². The molecule has 0 aromatic carbocycles. The first kappa shape index (κ1) is 17.7. The molecule has 19 heavy (non-hydrogen) atoms. The smallest absolute Gasteiger partial charge is 0.320 e. The van der Waals surface area contributed by atoms with Crippen LogP contribution in [0.1, 0.15) is 45.4 Å². The summed E-state index contributed by atoms with van der Waals surface area (Å²) in [6.07, 6.45) is 6.17. The van der Waals surface area contributed by atoms with Crippen molar-refractivity contribution in [3.63, 3.8) is 0 Å². The number of nitrogens with two attached hydrogens (primary N) is 2. The highest BCUT2D eigenvalue weighted by Crippen LogP contribution is 2.17. The zero-order chi connectivity index (χ0) is 14.7. The standard InChI is InChI=1S/C13H28N4O2/c1-3-4-5-6-7-10(9-17-13(14)15)8-11(16-2)12(18)19/h10-11,16H,3-9H2,1-2H3,(H,18,19)(H4,14,15,17)/t10?,11-/m0/s1. The van der Waals surface area contributed by atoms with Crippen LogP contribution in [0.15, 0.2) is 4.99 Å². The molecule has 6 nitrogen and oxygen atoms in total. The van der Waals surface area contributed by atoms with Crippen molar-refractivity contribution in [1.29, 1.82) is 0 Å². The number of likely N-dealkylation sites (N-methyl/N-ethyl adjacent to an activating group) is 1. The first-order valence-electron chi connectivity index (χ1n) is 6.96. The normalized spacial score (nSPS) is 13.8. The maximum atomic E-state index is 11.0. The fraction of sp³-hybridized carbons (Fsp3) is 0.846. The fourth-order valence-corrected chi connectivity index (χ4v) is 2.05. The fourth-order valence-electron chi connectivity index (χ4n) is 2.05. The van der Waals surface area contributed by atoms with Crippen LogP contribution < -0.4 is 16.8 Å². The molecule has 0 aromatic heterocycles. The van der Waals surface area contributed by atoms with E-state index in [1.165, 1.54) is 19.3 Å². The topological polar surface area (TPSA) is 114 Å². The maximum Gasteiger partial charge on any atom is 0.320 e. The molecule has 0 fully saturated rings. The zero-order valence-electron chi connectivity index (χ0n) is 12.1. The van der Waals surface area contributed by atoms with Crippen LogP contribution in [0, 0.1) is 5.92 Å². The van der Waals surface area contributed by atoms with Gasteiger partial charge in [0.15, 0.2) is 5.96 Å². The summed E-state index contributed by atoms with van der Waals surface area (Å²) >= 11 is 0. The van der Waals surface area contributed by atoms with E-state index < -0.39 is 12.0 Å². The van der Waals surface area contributed by atoms with Gasteiger partial charge in [-0.25, -0.2) is 0 Å². The lowest BCUT2D eigenvalue weighted by Crippen LogP contribution is -2.36. The number of carboxylic acids is 1. The third-order valence-corrected chi connectivity index (χ3v) is 3.21. The number of aliphatic carboxylic acids is 1. The number of hydrogen-bond acceptors (Lipinski definition) is 3. The number of nitrogens with zero attached hydrogens (tertiary/aromatic N) is 1. The molecular formula is C13H28N4O2. The molecule has 112 valence electrons. The lowest BCUT2D eigenvalue weighted by Gasteiger charge is -2.19. The number of carbonyl (C=O) groups is 1. The second-order valence-electron chi connectivity index (χ2n) is 4.90. The molecule has 0 radical (unpaired) electrons. The number of guanidine groups is 1. The summed E-state index contributed by atoms with van der Waals surface area (Å²) in [4.78, 5) is 15.1. The highest BCUT2D eigenvalue weighted by Gasteiger charge is 2.20. The predicted molar refractivity (Wildman–Crippen MR) is 78.0 cm³/mol. The van der Waals surface area contributed by atoms with E-state index in [4.69, 9.17) is 16.6 Å². The van der Waals surface area contributed by atoms with Crippen LogP contribution in [-0.2, 0) is 4.79 Å². The van der Waals surface area contributed by atoms with Crippen molar-refractivity contribution >= 4 is 11.9 Å². The number of carboxylic acid groups (broad SMARTS) is 1. The number of nitrogens with one attached hydrogen (secondary N) is 1. The molecule has 0 aliphatic rings. The molecule has 0 aliphatic heterocycles. The monoisotopic (exact) mass is 272 g/mol. The Kier molecular flexibility index (Phi) is 9.88. The van der Waals surface area contributed by atoms with Gasteiger partial charge in [-0.2, -0.15) is 0 Å². The summed E-state index contributed by atoms with van der Waals surface area (Å²) in [5, 5.41) is 11.9. The second kappa shape index (κ2) is 10.6. The van der Waals surface area contributed by atoms with E-state index in [1.54, 1.807) is 7.05 Å². The Labute approximate surface area is 115 Å². The van der Waals surface area contributed by atoms with Crippen LogP contribution in [0.25, 0.3) is 0 Å². The summed E-state index contributed by atoms with van der Waals surface area (Å²) in [6, 6.07) is -0.537. The van der Waals surface area contributed by atoms with Crippen molar-refractivity contribution < 1.29 is 9.90 Å². The van der Waals surface area contributed by atoms with Crippen LogP contribution in [0.5, 0.6) is 0 Å². The predicted octanol–water partition coefficient (Wildman–Crippen LogP) is 0.909. The van der Waals surface area contributed by atoms with E-state index in [0.717, 1.165) is 12.8 Å². The Morgan fingerprint density at radius 1 is 1.32 bits per heavy atom. The SMILES string of the molecule is CCCCCCC(CN=C(N)N)C[C@H](NC)C(=O)O. The van der Waals surface area contributed by atoms with E-state index in [-0.39, 0.29) is 11.9 Å². The van der Waals surface area contributed by atoms with Gasteiger partial charge in [0, 0.05) is 6.54 Å². The maximum absolute atomic E-state index is 11.0. The summed E-state index contributed by atoms with van der Waals surface area (Å²) in [7, 11) is 1.66. The molecule has 6 heteroatoms. The third-order valence-electron chi connectivity index (χ3n) is 3.21. The highest BCUT2D eigenvalue weighted by atomic mass is 16.4. The molecule has 2 atom stereocenters. The van der Waals surface area contributed by atoms with Gasteiger partial charge < -0.3 is 21.9 Å². The van der Waals surface area contributed by atoms with Gasteiger partial charge in [0.2, 0.25) is 0 Å². The molecule has 0 bridgehead atoms. The largest absolute Gasteiger partial charge is 0.480 e. The Morgan fingerprint density at radius 2 is 2.00 bits per heavy atom. The number of hydrogen-bond donors (Lipinski definition) is 4. The highest BCUT2D eigenvalue weighted by molar-refractivity contribution is 5.75. The Bertz CT molecular complexity index is 278. The Hall–Kier alpha value is -1.30. The first-order valence-corrected chi connectivity index (χ1v) is 6.96. The van der Waals surface area contributed by atoms with Crippen molar-refractivity contribution in [3.05, 3.63) is 0 Å². The Balaban J connectivity index is 4.31. The van der Waals surface area contributed by atoms with Gasteiger partial charge in [0.25, 0.3) is 0 Å². The lowest BCUT2D eigenvalue weighted by molar-refractivity contribution is -0.139. The van der Waals surface area contributed by atoms with Gasteiger partial charge in [0.05, 0.1) is 0 Å². The van der Waals surface area contributed by atoms with Crippen molar-refractivity contribution in [2.45, 2.75) is 51.5 Å². The minimum absolute atomic E-state index is 0.0647. The molecule has 0 aliphatic carbocycles. The van der Waals surface area contributed by atoms with Crippen molar-refractivity contribution in [2.24, 2.45) is 22.4 Å². The average Bonchev–Trinajstić information content (AvgIpc) is 2.36. The van der Waals surface area contributed by atoms with Gasteiger partial charge in [0.1, 0.15) is 6.04 Å². The number of aliphatic imine (C=N–C) groups is 1. The van der Waals surface area contributed by atoms with Gasteiger partial charge in [-0.1, -0.05) is 32.6 Å². The van der Waals surface area contributed by atoms with Crippen molar-refractivity contribution in [3.8, 4) is 0 Å². The molecule has 0 rings (SSSR count). The van der Waals surface area contributed by atoms with E-state index >= 15 is 0 Å². The molecule has 0 amide bonds. The van der Waals surface area contributed by atoms with Crippen LogP contribution >= 0.6 is 0 Å². The zero-order valence-corrected chi connectivity index (χ0v) is 12.1. The van der Waals surface area contributed by atoms with Crippen LogP contribution in [0.2, 0.25) is 0 Å². The van der Waals surface area contributed by atoms with Gasteiger partial charge >= 0.3 is 5.97 Å². The average molecular weight is 272 g/mol. The Morgan fingerprint density at radius 3 is 2.47 bits per heavy atom. The molecule has 6 N–H and O–H groups in total. The molecule has 0 heterocycles.